The number of sulfonamides is 1. The normalized spacial score (nSPS) is 11.4. The molecule has 0 atom stereocenters. The van der Waals surface area contributed by atoms with Crippen molar-refractivity contribution in [2.24, 2.45) is 7.05 Å². The molecule has 0 bridgehead atoms. The molecule has 5 nitrogen and oxygen atoms in total. The second-order valence-corrected chi connectivity index (χ2v) is 5.56. The van der Waals surface area contributed by atoms with Gasteiger partial charge in [-0.05, 0) is 18.2 Å². The first kappa shape index (κ1) is 11.9. The summed E-state index contributed by atoms with van der Waals surface area (Å²) < 4.78 is 28.0. The monoisotopic (exact) mass is 271 g/mol. The number of pyridine rings is 1. The van der Waals surface area contributed by atoms with Gasteiger partial charge < -0.3 is 4.57 Å². The van der Waals surface area contributed by atoms with Crippen LogP contribution in [0.2, 0.25) is 5.15 Å². The first-order valence-corrected chi connectivity index (χ1v) is 6.60. The predicted octanol–water partition coefficient (Wildman–Crippen LogP) is 1.87. The molecule has 0 aliphatic carbocycles. The third-order valence-electron chi connectivity index (χ3n) is 2.09. The van der Waals surface area contributed by atoms with Crippen LogP contribution >= 0.6 is 11.6 Å². The van der Waals surface area contributed by atoms with Crippen LogP contribution < -0.4 is 4.72 Å². The van der Waals surface area contributed by atoms with Gasteiger partial charge in [-0.3, -0.25) is 4.72 Å². The molecule has 0 aliphatic rings. The molecular weight excluding hydrogens is 262 g/mol. The highest BCUT2D eigenvalue weighted by atomic mass is 35.5. The lowest BCUT2D eigenvalue weighted by molar-refractivity contribution is 0.601. The van der Waals surface area contributed by atoms with E-state index in [9.17, 15) is 8.42 Å². The standard InChI is InChI=1S/C10H10ClN3O2S/c1-14-5-3-9(7-14)17(15,16)13-8-2-4-12-10(11)6-8/h2-7H,1H3,(H,12,13). The Labute approximate surface area is 104 Å². The van der Waals surface area contributed by atoms with Crippen LogP contribution in [0.25, 0.3) is 0 Å². The molecule has 2 heterocycles. The smallest absolute Gasteiger partial charge is 0.263 e. The van der Waals surface area contributed by atoms with Gasteiger partial charge >= 0.3 is 0 Å². The van der Waals surface area contributed by atoms with Crippen molar-refractivity contribution in [3.05, 3.63) is 41.9 Å². The molecule has 90 valence electrons. The number of hydrogen-bond donors (Lipinski definition) is 1. The zero-order chi connectivity index (χ0) is 12.5. The molecule has 0 unspecified atom stereocenters. The van der Waals surface area contributed by atoms with E-state index in [1.54, 1.807) is 17.8 Å². The average molecular weight is 272 g/mol. The maximum absolute atomic E-state index is 11.9. The van der Waals surface area contributed by atoms with E-state index in [2.05, 4.69) is 9.71 Å². The minimum atomic E-state index is -3.57. The Balaban J connectivity index is 2.29. The van der Waals surface area contributed by atoms with Crippen molar-refractivity contribution in [3.8, 4) is 0 Å². The summed E-state index contributed by atoms with van der Waals surface area (Å²) in [7, 11) is -1.81. The quantitative estimate of drug-likeness (QED) is 0.867. The van der Waals surface area contributed by atoms with Gasteiger partial charge in [0, 0.05) is 25.6 Å². The summed E-state index contributed by atoms with van der Waals surface area (Å²) >= 11 is 5.67. The molecule has 2 aromatic heterocycles. The highest BCUT2D eigenvalue weighted by Gasteiger charge is 2.15. The summed E-state index contributed by atoms with van der Waals surface area (Å²) in [6, 6.07) is 4.50. The minimum absolute atomic E-state index is 0.202. The molecule has 0 spiro atoms. The molecule has 2 rings (SSSR count). The van der Waals surface area contributed by atoms with Crippen molar-refractivity contribution >= 4 is 27.3 Å². The Morgan fingerprint density at radius 1 is 1.41 bits per heavy atom. The zero-order valence-corrected chi connectivity index (χ0v) is 10.5. The molecule has 2 aromatic rings. The molecule has 0 amide bonds. The second-order valence-electron chi connectivity index (χ2n) is 3.49. The number of halogens is 1. The summed E-state index contributed by atoms with van der Waals surface area (Å²) in [6.45, 7) is 0. The minimum Gasteiger partial charge on any atom is -0.356 e. The van der Waals surface area contributed by atoms with Gasteiger partial charge in [-0.15, -0.1) is 0 Å². The van der Waals surface area contributed by atoms with Crippen LogP contribution in [-0.4, -0.2) is 18.0 Å². The van der Waals surface area contributed by atoms with Gasteiger partial charge in [-0.2, -0.15) is 0 Å². The van der Waals surface area contributed by atoms with E-state index in [0.717, 1.165) is 0 Å². The van der Waals surface area contributed by atoms with Crippen LogP contribution in [0.3, 0.4) is 0 Å². The van der Waals surface area contributed by atoms with E-state index >= 15 is 0 Å². The lowest BCUT2D eigenvalue weighted by Gasteiger charge is -2.06. The van der Waals surface area contributed by atoms with Crippen molar-refractivity contribution in [1.29, 1.82) is 0 Å². The van der Waals surface area contributed by atoms with E-state index < -0.39 is 10.0 Å². The molecule has 0 radical (unpaired) electrons. The largest absolute Gasteiger partial charge is 0.356 e. The van der Waals surface area contributed by atoms with Crippen molar-refractivity contribution in [1.82, 2.24) is 9.55 Å². The summed E-state index contributed by atoms with van der Waals surface area (Å²) in [4.78, 5) is 3.97. The van der Waals surface area contributed by atoms with Crippen molar-refractivity contribution < 1.29 is 8.42 Å². The van der Waals surface area contributed by atoms with Gasteiger partial charge in [-0.25, -0.2) is 13.4 Å². The highest BCUT2D eigenvalue weighted by Crippen LogP contribution is 2.17. The first-order chi connectivity index (χ1) is 7.97. The highest BCUT2D eigenvalue weighted by molar-refractivity contribution is 7.92. The molecule has 1 N–H and O–H groups in total. The molecule has 0 aliphatic heterocycles. The summed E-state index contributed by atoms with van der Waals surface area (Å²) in [5.41, 5.74) is 0.383. The maximum atomic E-state index is 11.9. The van der Waals surface area contributed by atoms with Gasteiger partial charge in [0.05, 0.1) is 5.69 Å². The van der Waals surface area contributed by atoms with Gasteiger partial charge in [0.1, 0.15) is 10.0 Å². The number of nitrogens with zero attached hydrogens (tertiary/aromatic N) is 2. The SMILES string of the molecule is Cn1ccc(S(=O)(=O)Nc2ccnc(Cl)c2)c1. The molecule has 0 saturated carbocycles. The Bertz CT molecular complexity index is 637. The van der Waals surface area contributed by atoms with Crippen molar-refractivity contribution in [2.45, 2.75) is 4.90 Å². The van der Waals surface area contributed by atoms with E-state index in [1.165, 1.54) is 30.6 Å². The Morgan fingerprint density at radius 3 is 2.76 bits per heavy atom. The fourth-order valence-electron chi connectivity index (χ4n) is 1.32. The molecule has 0 saturated heterocycles. The third kappa shape index (κ3) is 2.78. The number of nitrogens with one attached hydrogen (secondary N) is 1. The van der Waals surface area contributed by atoms with Crippen molar-refractivity contribution in [2.75, 3.05) is 4.72 Å². The van der Waals surface area contributed by atoms with Crippen LogP contribution in [0.5, 0.6) is 0 Å². The van der Waals surface area contributed by atoms with Gasteiger partial charge in [-0.1, -0.05) is 11.6 Å². The van der Waals surface area contributed by atoms with Gasteiger partial charge in [0.2, 0.25) is 0 Å². The number of anilines is 1. The van der Waals surface area contributed by atoms with E-state index in [0.29, 0.717) is 5.69 Å². The topological polar surface area (TPSA) is 64.0 Å². The number of aromatic nitrogens is 2. The Hall–Kier alpha value is -1.53. The Kier molecular flexibility index (Phi) is 3.08. The van der Waals surface area contributed by atoms with Gasteiger partial charge in [0.25, 0.3) is 10.0 Å². The van der Waals surface area contributed by atoms with E-state index in [4.69, 9.17) is 11.6 Å². The second kappa shape index (κ2) is 4.38. The van der Waals surface area contributed by atoms with E-state index in [-0.39, 0.29) is 10.0 Å². The maximum Gasteiger partial charge on any atom is 0.263 e. The van der Waals surface area contributed by atoms with E-state index in [1.807, 2.05) is 0 Å². The summed E-state index contributed by atoms with van der Waals surface area (Å²) in [5.74, 6) is 0. The van der Waals surface area contributed by atoms with Crippen LogP contribution in [0.1, 0.15) is 0 Å². The fraction of sp³-hybridized carbons (Fsp3) is 0.100. The third-order valence-corrected chi connectivity index (χ3v) is 3.67. The lowest BCUT2D eigenvalue weighted by atomic mass is 10.4. The molecule has 0 fully saturated rings. The summed E-state index contributed by atoms with van der Waals surface area (Å²) in [6.07, 6.45) is 4.62. The van der Waals surface area contributed by atoms with Crippen LogP contribution in [0.15, 0.2) is 41.7 Å². The van der Waals surface area contributed by atoms with Crippen LogP contribution in [0.4, 0.5) is 5.69 Å². The summed E-state index contributed by atoms with van der Waals surface area (Å²) in [5, 5.41) is 0.235. The first-order valence-electron chi connectivity index (χ1n) is 4.74. The predicted molar refractivity (Wildman–Crippen MR) is 65.5 cm³/mol. The molecular formula is C10H10ClN3O2S. The Morgan fingerprint density at radius 2 is 2.18 bits per heavy atom. The number of aryl methyl sites for hydroxylation is 1. The number of rotatable bonds is 3. The number of hydrogen-bond acceptors (Lipinski definition) is 3. The molecule has 7 heteroatoms. The van der Waals surface area contributed by atoms with Crippen LogP contribution in [0, 0.1) is 0 Å². The van der Waals surface area contributed by atoms with Crippen molar-refractivity contribution in [3.63, 3.8) is 0 Å². The van der Waals surface area contributed by atoms with Gasteiger partial charge in [0.15, 0.2) is 0 Å². The molecule has 17 heavy (non-hydrogen) atoms. The molecule has 0 aromatic carbocycles. The fourth-order valence-corrected chi connectivity index (χ4v) is 2.59. The van der Waals surface area contributed by atoms with Crippen LogP contribution in [-0.2, 0) is 17.1 Å². The zero-order valence-electron chi connectivity index (χ0n) is 8.96. The lowest BCUT2D eigenvalue weighted by Crippen LogP contribution is -2.12. The average Bonchev–Trinajstić information content (AvgIpc) is 2.65.